The van der Waals surface area contributed by atoms with Gasteiger partial charge in [0, 0.05) is 12.6 Å². The van der Waals surface area contributed by atoms with Crippen LogP contribution < -0.4 is 4.74 Å². The van der Waals surface area contributed by atoms with Crippen molar-refractivity contribution in [2.45, 2.75) is 39.2 Å². The van der Waals surface area contributed by atoms with Crippen LogP contribution in [0, 0.1) is 6.92 Å². The molecule has 1 unspecified atom stereocenters. The standard InChI is InChI=1S/C16H27NO2/c1-11(2)13-10-14(12(3)9-16(13)19-6)15(7-8-18)17(4)5/h9-11,15,18H,7-8H2,1-6H3. The second kappa shape index (κ2) is 6.92. The maximum Gasteiger partial charge on any atom is 0.122 e. The van der Waals surface area contributed by atoms with E-state index in [-0.39, 0.29) is 12.6 Å². The molecular weight excluding hydrogens is 238 g/mol. The molecule has 108 valence electrons. The van der Waals surface area contributed by atoms with Gasteiger partial charge in [-0.1, -0.05) is 19.9 Å². The summed E-state index contributed by atoms with van der Waals surface area (Å²) in [5.74, 6) is 1.38. The third-order valence-electron chi connectivity index (χ3n) is 3.63. The predicted octanol–water partition coefficient (Wildman–Crippen LogP) is 3.11. The van der Waals surface area contributed by atoms with Crippen molar-refractivity contribution in [3.8, 4) is 5.75 Å². The summed E-state index contributed by atoms with van der Waals surface area (Å²) in [6.45, 7) is 6.66. The molecule has 0 bridgehead atoms. The molecule has 1 aromatic rings. The molecule has 1 rings (SSSR count). The van der Waals surface area contributed by atoms with Crippen LogP contribution in [0.25, 0.3) is 0 Å². The summed E-state index contributed by atoms with van der Waals surface area (Å²) in [4.78, 5) is 2.16. The van der Waals surface area contributed by atoms with E-state index in [2.05, 4.69) is 51.9 Å². The quantitative estimate of drug-likeness (QED) is 0.858. The number of aryl methyl sites for hydroxylation is 1. The number of rotatable bonds is 6. The first-order valence-corrected chi connectivity index (χ1v) is 6.88. The number of hydrogen-bond donors (Lipinski definition) is 1. The summed E-state index contributed by atoms with van der Waals surface area (Å²) in [6, 6.07) is 4.59. The average Bonchev–Trinajstić information content (AvgIpc) is 2.35. The Labute approximate surface area is 117 Å². The van der Waals surface area contributed by atoms with Gasteiger partial charge < -0.3 is 14.7 Å². The Hall–Kier alpha value is -1.06. The van der Waals surface area contributed by atoms with Crippen LogP contribution in [0.5, 0.6) is 5.75 Å². The molecule has 1 aromatic carbocycles. The van der Waals surface area contributed by atoms with Crippen LogP contribution in [0.4, 0.5) is 0 Å². The minimum atomic E-state index is 0.200. The van der Waals surface area contributed by atoms with Gasteiger partial charge in [0.05, 0.1) is 7.11 Å². The summed E-state index contributed by atoms with van der Waals surface area (Å²) in [5.41, 5.74) is 3.73. The van der Waals surface area contributed by atoms with Gasteiger partial charge in [-0.2, -0.15) is 0 Å². The van der Waals surface area contributed by atoms with E-state index in [9.17, 15) is 5.11 Å². The van der Waals surface area contributed by atoms with E-state index in [1.54, 1.807) is 7.11 Å². The van der Waals surface area contributed by atoms with E-state index in [0.717, 1.165) is 12.2 Å². The fourth-order valence-electron chi connectivity index (χ4n) is 2.52. The molecule has 0 amide bonds. The fraction of sp³-hybridized carbons (Fsp3) is 0.625. The molecule has 3 nitrogen and oxygen atoms in total. The maximum atomic E-state index is 9.27. The van der Waals surface area contributed by atoms with Crippen LogP contribution in [-0.2, 0) is 0 Å². The molecule has 3 heteroatoms. The predicted molar refractivity (Wildman–Crippen MR) is 80.0 cm³/mol. The Balaban J connectivity index is 3.30. The van der Waals surface area contributed by atoms with E-state index in [0.29, 0.717) is 5.92 Å². The van der Waals surface area contributed by atoms with Crippen molar-refractivity contribution in [2.24, 2.45) is 0 Å². The third-order valence-corrected chi connectivity index (χ3v) is 3.63. The molecule has 0 aliphatic carbocycles. The molecule has 0 spiro atoms. The van der Waals surface area contributed by atoms with E-state index in [4.69, 9.17) is 4.74 Å². The number of ether oxygens (including phenoxy) is 1. The molecule has 1 atom stereocenters. The summed E-state index contributed by atoms with van der Waals surface area (Å²) in [5, 5.41) is 9.27. The summed E-state index contributed by atoms with van der Waals surface area (Å²) < 4.78 is 5.48. The van der Waals surface area contributed by atoms with Crippen LogP contribution >= 0.6 is 0 Å². The number of aliphatic hydroxyl groups excluding tert-OH is 1. The topological polar surface area (TPSA) is 32.7 Å². The van der Waals surface area contributed by atoms with Crippen molar-refractivity contribution in [2.75, 3.05) is 27.8 Å². The number of benzene rings is 1. The largest absolute Gasteiger partial charge is 0.496 e. The van der Waals surface area contributed by atoms with Crippen LogP contribution in [0.3, 0.4) is 0 Å². The lowest BCUT2D eigenvalue weighted by molar-refractivity contribution is 0.210. The van der Waals surface area contributed by atoms with Crippen LogP contribution in [-0.4, -0.2) is 37.8 Å². The molecule has 0 radical (unpaired) electrons. The highest BCUT2D eigenvalue weighted by Gasteiger charge is 2.19. The Kier molecular flexibility index (Phi) is 5.83. The van der Waals surface area contributed by atoms with Gasteiger partial charge in [-0.25, -0.2) is 0 Å². The SMILES string of the molecule is COc1cc(C)c(C(CCO)N(C)C)cc1C(C)C. The minimum Gasteiger partial charge on any atom is -0.496 e. The van der Waals surface area contributed by atoms with E-state index >= 15 is 0 Å². The van der Waals surface area contributed by atoms with Gasteiger partial charge in [-0.3, -0.25) is 0 Å². The fourth-order valence-corrected chi connectivity index (χ4v) is 2.52. The first-order chi connectivity index (χ1) is 8.92. The van der Waals surface area contributed by atoms with Crippen molar-refractivity contribution in [1.82, 2.24) is 4.90 Å². The highest BCUT2D eigenvalue weighted by atomic mass is 16.5. The van der Waals surface area contributed by atoms with Crippen LogP contribution in [0.15, 0.2) is 12.1 Å². The number of hydrogen-bond acceptors (Lipinski definition) is 3. The maximum absolute atomic E-state index is 9.27. The molecule has 19 heavy (non-hydrogen) atoms. The summed E-state index contributed by atoms with van der Waals surface area (Å²) in [6.07, 6.45) is 0.748. The smallest absolute Gasteiger partial charge is 0.122 e. The average molecular weight is 265 g/mol. The zero-order valence-electron chi connectivity index (χ0n) is 13.0. The van der Waals surface area contributed by atoms with Gasteiger partial charge in [-0.05, 0) is 56.1 Å². The molecule has 0 aliphatic rings. The molecular formula is C16H27NO2. The third kappa shape index (κ3) is 3.71. The Morgan fingerprint density at radius 1 is 1.21 bits per heavy atom. The Morgan fingerprint density at radius 2 is 1.84 bits per heavy atom. The van der Waals surface area contributed by atoms with Crippen molar-refractivity contribution in [1.29, 1.82) is 0 Å². The number of nitrogens with zero attached hydrogens (tertiary/aromatic N) is 1. The number of aliphatic hydroxyl groups is 1. The monoisotopic (exact) mass is 265 g/mol. The van der Waals surface area contributed by atoms with Gasteiger partial charge in [0.1, 0.15) is 5.75 Å². The molecule has 0 saturated heterocycles. The normalized spacial score (nSPS) is 13.1. The lowest BCUT2D eigenvalue weighted by Gasteiger charge is -2.27. The highest BCUT2D eigenvalue weighted by Crippen LogP contribution is 2.34. The minimum absolute atomic E-state index is 0.200. The molecule has 0 heterocycles. The second-order valence-corrected chi connectivity index (χ2v) is 5.60. The van der Waals surface area contributed by atoms with Crippen LogP contribution in [0.1, 0.15) is 48.9 Å². The molecule has 1 N–H and O–H groups in total. The van der Waals surface area contributed by atoms with Crippen molar-refractivity contribution in [3.63, 3.8) is 0 Å². The van der Waals surface area contributed by atoms with Crippen molar-refractivity contribution >= 4 is 0 Å². The van der Waals surface area contributed by atoms with E-state index in [1.165, 1.54) is 16.7 Å². The zero-order valence-corrected chi connectivity index (χ0v) is 13.0. The lowest BCUT2D eigenvalue weighted by Crippen LogP contribution is -2.22. The van der Waals surface area contributed by atoms with E-state index in [1.807, 2.05) is 0 Å². The van der Waals surface area contributed by atoms with E-state index < -0.39 is 0 Å². The Bertz CT molecular complexity index is 413. The number of methoxy groups -OCH3 is 1. The summed E-state index contributed by atoms with van der Waals surface area (Å²) >= 11 is 0. The van der Waals surface area contributed by atoms with Crippen molar-refractivity contribution in [3.05, 3.63) is 28.8 Å². The molecule has 0 fully saturated rings. The molecule has 0 saturated carbocycles. The molecule has 0 aromatic heterocycles. The van der Waals surface area contributed by atoms with Gasteiger partial charge in [0.2, 0.25) is 0 Å². The van der Waals surface area contributed by atoms with Crippen LogP contribution in [0.2, 0.25) is 0 Å². The van der Waals surface area contributed by atoms with Gasteiger partial charge in [0.15, 0.2) is 0 Å². The molecule has 0 aliphatic heterocycles. The first-order valence-electron chi connectivity index (χ1n) is 6.88. The van der Waals surface area contributed by atoms with Gasteiger partial charge in [-0.15, -0.1) is 0 Å². The Morgan fingerprint density at radius 3 is 2.26 bits per heavy atom. The van der Waals surface area contributed by atoms with Gasteiger partial charge in [0.25, 0.3) is 0 Å². The lowest BCUT2D eigenvalue weighted by atomic mass is 9.91. The van der Waals surface area contributed by atoms with Crippen molar-refractivity contribution < 1.29 is 9.84 Å². The summed E-state index contributed by atoms with van der Waals surface area (Å²) in [7, 11) is 5.83. The zero-order chi connectivity index (χ0) is 14.6. The first kappa shape index (κ1) is 16.0. The highest BCUT2D eigenvalue weighted by molar-refractivity contribution is 5.45. The van der Waals surface area contributed by atoms with Gasteiger partial charge >= 0.3 is 0 Å². The second-order valence-electron chi connectivity index (χ2n) is 5.60.